The monoisotopic (exact) mass is 848 g/mol. The molecule has 0 amide bonds. The maximum atomic E-state index is 2.90. The third kappa shape index (κ3) is 4.13. The standard InChI is InChI=1S/2C20H21.2C3H7.2CH3.Hf.H2Si/c2*1-12-13(2)15(4)20(16(5)14(12)3)19-11-7-9-17-8-6-10-18(17)19;2*1-3-2;;;;/h2*6-11H,1-5H3;2*3H,1-2H3;2*1H3;;1H2. The van der Waals surface area contributed by atoms with Gasteiger partial charge in [0.1, 0.15) is 0 Å². The number of allylic oxidation sites excluding steroid dienone is 2. The number of benzene rings is 4. The molecule has 2 aliphatic rings. The summed E-state index contributed by atoms with van der Waals surface area (Å²) in [7, 11) is 0. The normalized spacial score (nSPS) is 19.0. The van der Waals surface area contributed by atoms with Crippen molar-refractivity contribution in [2.24, 2.45) is 0 Å². The molecule has 0 radical (unpaired) electrons. The van der Waals surface area contributed by atoms with E-state index < -0.39 is 14.2 Å². The Morgan fingerprint density at radius 3 is 1.02 bits per heavy atom. The van der Waals surface area contributed by atoms with Crippen molar-refractivity contribution in [3.8, 4) is 22.3 Å². The van der Waals surface area contributed by atoms with Gasteiger partial charge in [0.25, 0.3) is 0 Å². The second kappa shape index (κ2) is 10.8. The fourth-order valence-electron chi connectivity index (χ4n) is 11.4. The molecule has 2 aliphatic carbocycles. The summed E-state index contributed by atoms with van der Waals surface area (Å²) in [6.07, 6.45) is 10.5. The van der Waals surface area contributed by atoms with Gasteiger partial charge in [-0.05, 0) is 0 Å². The molecule has 0 aliphatic heterocycles. The van der Waals surface area contributed by atoms with Gasteiger partial charge in [0.15, 0.2) is 0 Å². The predicted molar refractivity (Wildman–Crippen MR) is 225 cm³/mol. The van der Waals surface area contributed by atoms with Crippen LogP contribution in [0.2, 0.25) is 16.7 Å². The predicted octanol–water partition coefficient (Wildman–Crippen LogP) is 14.0. The molecule has 0 saturated heterocycles. The van der Waals surface area contributed by atoms with Gasteiger partial charge in [-0.1, -0.05) is 0 Å². The molecule has 264 valence electrons. The van der Waals surface area contributed by atoms with E-state index in [0.29, 0.717) is 14.7 Å². The van der Waals surface area contributed by atoms with Crippen molar-refractivity contribution < 1.29 is 14.2 Å². The molecule has 4 aromatic carbocycles. The van der Waals surface area contributed by atoms with E-state index in [1.807, 2.05) is 0 Å². The molecular formula is C48H64HfSi. The van der Waals surface area contributed by atoms with Crippen molar-refractivity contribution in [1.29, 1.82) is 0 Å². The van der Waals surface area contributed by atoms with Crippen molar-refractivity contribution in [3.63, 3.8) is 0 Å². The SMILES string of the molecule is Cc1c(C)c(C)c(-c2cccc3c2C=C[CH]3[Hf]([CH3])([CH3])(=[SiH2])([CH](C)C)([CH](C)C)[CH]2C=Cc3c(-c4c(C)c(C)c(C)c(C)c4C)cccc32)c(C)c1C. The topological polar surface area (TPSA) is 0 Å². The van der Waals surface area contributed by atoms with E-state index in [4.69, 9.17) is 0 Å². The third-order valence-electron chi connectivity index (χ3n) is 18.3. The first-order chi connectivity index (χ1) is 23.0. The van der Waals surface area contributed by atoms with Crippen LogP contribution >= 0.6 is 0 Å². The van der Waals surface area contributed by atoms with Gasteiger partial charge in [-0.3, -0.25) is 0 Å². The van der Waals surface area contributed by atoms with E-state index in [1.165, 1.54) is 89.0 Å². The molecule has 2 heteroatoms. The number of rotatable bonds is 6. The molecule has 0 bridgehead atoms. The van der Waals surface area contributed by atoms with Crippen LogP contribution in [0.15, 0.2) is 48.6 Å². The van der Waals surface area contributed by atoms with Crippen LogP contribution in [0.25, 0.3) is 34.4 Å². The summed E-state index contributed by atoms with van der Waals surface area (Å²) in [5.41, 5.74) is 26.0. The van der Waals surface area contributed by atoms with Gasteiger partial charge < -0.3 is 0 Å². The molecule has 0 aromatic heterocycles. The average Bonchev–Trinajstić information content (AvgIpc) is 3.73. The summed E-state index contributed by atoms with van der Waals surface area (Å²) < 4.78 is 7.59. The quantitative estimate of drug-likeness (QED) is 0.170. The van der Waals surface area contributed by atoms with Gasteiger partial charge in [0, 0.05) is 0 Å². The maximum absolute atomic E-state index is 5.31. The molecule has 50 heavy (non-hydrogen) atoms. The first kappa shape index (κ1) is 37.2. The molecule has 0 heterocycles. The van der Waals surface area contributed by atoms with Gasteiger partial charge in [-0.2, -0.15) is 0 Å². The number of hydrogen-bond acceptors (Lipinski definition) is 0. The Morgan fingerprint density at radius 1 is 0.460 bits per heavy atom. The van der Waals surface area contributed by atoms with E-state index in [9.17, 15) is 0 Å². The molecule has 4 aromatic rings. The van der Waals surface area contributed by atoms with Gasteiger partial charge in [-0.25, -0.2) is 0 Å². The Kier molecular flexibility index (Phi) is 8.00. The Morgan fingerprint density at radius 2 is 0.740 bits per heavy atom. The van der Waals surface area contributed by atoms with Gasteiger partial charge >= 0.3 is 303 Å². The zero-order valence-electron chi connectivity index (χ0n) is 34.3. The van der Waals surface area contributed by atoms with Crippen LogP contribution in [-0.2, 0) is 14.2 Å². The van der Waals surface area contributed by atoms with Gasteiger partial charge in [0.2, 0.25) is 0 Å². The van der Waals surface area contributed by atoms with E-state index in [-0.39, 0.29) is 0 Å². The summed E-state index contributed by atoms with van der Waals surface area (Å²) in [5, 5.41) is 0. The molecule has 6 rings (SSSR count). The number of hydrogen-bond donors (Lipinski definition) is 0. The van der Waals surface area contributed by atoms with Crippen molar-refractivity contribution in [1.82, 2.24) is 0 Å². The minimum atomic E-state index is -5.31. The van der Waals surface area contributed by atoms with Crippen molar-refractivity contribution in [2.45, 2.75) is 121 Å². The van der Waals surface area contributed by atoms with Gasteiger partial charge in [0.05, 0.1) is 0 Å². The Labute approximate surface area is 301 Å². The van der Waals surface area contributed by atoms with Crippen LogP contribution in [0.4, 0.5) is 0 Å². The van der Waals surface area contributed by atoms with Crippen LogP contribution in [0.3, 0.4) is 0 Å². The molecule has 2 atom stereocenters. The van der Waals surface area contributed by atoms with Crippen molar-refractivity contribution in [3.05, 3.63) is 126 Å². The van der Waals surface area contributed by atoms with Crippen LogP contribution in [-0.4, -0.2) is 6.94 Å². The third-order valence-corrected chi connectivity index (χ3v) is 99.1. The summed E-state index contributed by atoms with van der Waals surface area (Å²) >= 11 is -5.31. The first-order valence-corrected chi connectivity index (χ1v) is 43.1. The second-order valence-corrected chi connectivity index (χ2v) is 96.0. The fourth-order valence-corrected chi connectivity index (χ4v) is 52.3. The van der Waals surface area contributed by atoms with Crippen LogP contribution in [0.1, 0.15) is 113 Å². The van der Waals surface area contributed by atoms with Crippen LogP contribution in [0, 0.1) is 69.2 Å². The minimum absolute atomic E-state index is 0.373. The number of fused-ring (bicyclic) bond motifs is 2. The van der Waals surface area contributed by atoms with Crippen LogP contribution < -0.4 is 0 Å². The van der Waals surface area contributed by atoms with Gasteiger partial charge in [-0.15, -0.1) is 0 Å². The summed E-state index contributed by atoms with van der Waals surface area (Å²) in [6.45, 7) is 36.1. The van der Waals surface area contributed by atoms with E-state index in [0.717, 1.165) is 0 Å². The van der Waals surface area contributed by atoms with E-state index in [1.54, 1.807) is 11.1 Å². The zero-order valence-corrected chi connectivity index (χ0v) is 39.3. The molecule has 0 nitrogen and oxygen atoms in total. The first-order valence-electron chi connectivity index (χ1n) is 19.3. The molecule has 0 spiro atoms. The second-order valence-electron chi connectivity index (χ2n) is 19.9. The Balaban J connectivity index is 1.67. The Bertz CT molecular complexity index is 2140. The van der Waals surface area contributed by atoms with Crippen molar-refractivity contribution >= 4 is 19.1 Å². The molecule has 0 N–H and O–H groups in total. The van der Waals surface area contributed by atoms with E-state index >= 15 is 0 Å². The van der Waals surface area contributed by atoms with E-state index in [2.05, 4.69) is 174 Å². The summed E-state index contributed by atoms with van der Waals surface area (Å²) in [6, 6.07) is 14.5. The molecule has 0 saturated carbocycles. The van der Waals surface area contributed by atoms with Crippen molar-refractivity contribution in [2.75, 3.05) is 0 Å². The molecule has 0 fully saturated rings. The van der Waals surface area contributed by atoms with Crippen LogP contribution in [0.5, 0.6) is 0 Å². The fraction of sp³-hybridized carbons (Fsp3) is 0.417. The average molecular weight is 848 g/mol. The summed E-state index contributed by atoms with van der Waals surface area (Å²) in [4.78, 5) is 0. The molecular weight excluding hydrogens is 783 g/mol. The Hall–Kier alpha value is -2.55. The summed E-state index contributed by atoms with van der Waals surface area (Å²) in [5.74, 6) is 0. The zero-order chi connectivity index (χ0) is 37.2. The molecule has 2 unspecified atom stereocenters.